The highest BCUT2D eigenvalue weighted by Crippen LogP contribution is 2.36. The Balaban J connectivity index is 2.87. The number of hydrogen-bond donors (Lipinski definition) is 2. The van der Waals surface area contributed by atoms with Crippen molar-refractivity contribution in [2.24, 2.45) is 11.7 Å². The van der Waals surface area contributed by atoms with Crippen LogP contribution in [0, 0.1) is 5.92 Å². The monoisotopic (exact) mass is 300 g/mol. The van der Waals surface area contributed by atoms with Gasteiger partial charge in [0.2, 0.25) is 5.91 Å². The average molecular weight is 301 g/mol. The molecular formula is C14H21ClN2O3. The van der Waals surface area contributed by atoms with Gasteiger partial charge in [0, 0.05) is 6.54 Å². The molecule has 112 valence electrons. The van der Waals surface area contributed by atoms with Crippen LogP contribution < -0.4 is 20.5 Å². The highest BCUT2D eigenvalue weighted by atomic mass is 35.5. The summed E-state index contributed by atoms with van der Waals surface area (Å²) in [5, 5.41) is 3.66. The molecule has 1 aromatic carbocycles. The minimum Gasteiger partial charge on any atom is -0.493 e. The second-order valence-electron chi connectivity index (χ2n) is 4.50. The number of rotatable bonds is 8. The molecule has 0 aromatic heterocycles. The smallest absolute Gasteiger partial charge is 0.223 e. The first-order valence-electron chi connectivity index (χ1n) is 6.48. The molecule has 1 rings (SSSR count). The number of amides is 1. The first kappa shape index (κ1) is 16.6. The zero-order valence-electron chi connectivity index (χ0n) is 12.0. The van der Waals surface area contributed by atoms with E-state index in [1.807, 2.05) is 19.1 Å². The average Bonchev–Trinajstić information content (AvgIpc) is 2.42. The standard InChI is InChI=1S/C14H21ClN2O3/c1-4-17-7-10-5-11(15)13(12(6-10)19-3)20-8-9(2)14(16)18/h5-6,9,17H,4,7-8H2,1-3H3,(H2,16,18). The quantitative estimate of drug-likeness (QED) is 0.770. The Kier molecular flexibility index (Phi) is 6.61. The molecule has 1 amide bonds. The fourth-order valence-corrected chi connectivity index (χ4v) is 1.86. The van der Waals surface area contributed by atoms with Gasteiger partial charge in [-0.3, -0.25) is 4.79 Å². The van der Waals surface area contributed by atoms with Crippen LogP contribution in [-0.2, 0) is 11.3 Å². The molecule has 5 nitrogen and oxygen atoms in total. The third kappa shape index (κ3) is 4.58. The van der Waals surface area contributed by atoms with Crippen LogP contribution in [0.1, 0.15) is 19.4 Å². The molecule has 1 aromatic rings. The normalized spacial score (nSPS) is 12.0. The number of carbonyl (C=O) groups is 1. The first-order chi connectivity index (χ1) is 9.49. The summed E-state index contributed by atoms with van der Waals surface area (Å²) in [5.74, 6) is 0.172. The number of benzene rings is 1. The molecule has 0 saturated heterocycles. The molecule has 0 aliphatic carbocycles. The summed E-state index contributed by atoms with van der Waals surface area (Å²) in [6, 6.07) is 3.68. The summed E-state index contributed by atoms with van der Waals surface area (Å²) in [7, 11) is 1.55. The highest BCUT2D eigenvalue weighted by Gasteiger charge is 2.15. The van der Waals surface area contributed by atoms with E-state index in [2.05, 4.69) is 5.32 Å². The molecule has 3 N–H and O–H groups in total. The Morgan fingerprint density at radius 1 is 1.50 bits per heavy atom. The van der Waals surface area contributed by atoms with E-state index < -0.39 is 11.8 Å². The number of methoxy groups -OCH3 is 1. The Morgan fingerprint density at radius 2 is 2.20 bits per heavy atom. The van der Waals surface area contributed by atoms with Gasteiger partial charge in [0.15, 0.2) is 11.5 Å². The number of nitrogens with one attached hydrogen (secondary N) is 1. The van der Waals surface area contributed by atoms with Crippen molar-refractivity contribution in [1.82, 2.24) is 5.32 Å². The van der Waals surface area contributed by atoms with Gasteiger partial charge in [-0.05, 0) is 24.2 Å². The second kappa shape index (κ2) is 7.97. The molecule has 1 unspecified atom stereocenters. The number of nitrogens with two attached hydrogens (primary N) is 1. The molecule has 0 saturated carbocycles. The van der Waals surface area contributed by atoms with Crippen molar-refractivity contribution in [3.63, 3.8) is 0 Å². The third-order valence-electron chi connectivity index (χ3n) is 2.83. The maximum Gasteiger partial charge on any atom is 0.223 e. The number of ether oxygens (including phenoxy) is 2. The predicted molar refractivity (Wildman–Crippen MR) is 79.2 cm³/mol. The molecule has 0 aliphatic heterocycles. The minimum atomic E-state index is -0.413. The van der Waals surface area contributed by atoms with Gasteiger partial charge in [0.05, 0.1) is 24.7 Å². The van der Waals surface area contributed by atoms with Crippen molar-refractivity contribution in [3.8, 4) is 11.5 Å². The van der Waals surface area contributed by atoms with Gasteiger partial charge < -0.3 is 20.5 Å². The summed E-state index contributed by atoms with van der Waals surface area (Å²) in [4.78, 5) is 11.0. The summed E-state index contributed by atoms with van der Waals surface area (Å²) in [5.41, 5.74) is 6.20. The largest absolute Gasteiger partial charge is 0.493 e. The minimum absolute atomic E-state index is 0.165. The maximum absolute atomic E-state index is 11.0. The molecular weight excluding hydrogens is 280 g/mol. The van der Waals surface area contributed by atoms with E-state index in [1.54, 1.807) is 14.0 Å². The Hall–Kier alpha value is -1.46. The van der Waals surface area contributed by atoms with Crippen molar-refractivity contribution in [3.05, 3.63) is 22.7 Å². The summed E-state index contributed by atoms with van der Waals surface area (Å²) >= 11 is 6.21. The van der Waals surface area contributed by atoms with E-state index in [0.717, 1.165) is 12.1 Å². The third-order valence-corrected chi connectivity index (χ3v) is 3.11. The molecule has 1 atom stereocenters. The second-order valence-corrected chi connectivity index (χ2v) is 4.91. The van der Waals surface area contributed by atoms with E-state index in [0.29, 0.717) is 23.1 Å². The molecule has 0 heterocycles. The molecule has 6 heteroatoms. The fraction of sp³-hybridized carbons (Fsp3) is 0.500. The Morgan fingerprint density at radius 3 is 2.75 bits per heavy atom. The molecule has 0 radical (unpaired) electrons. The van der Waals surface area contributed by atoms with Gasteiger partial charge in [-0.15, -0.1) is 0 Å². The highest BCUT2D eigenvalue weighted by molar-refractivity contribution is 6.32. The SMILES string of the molecule is CCNCc1cc(Cl)c(OCC(C)C(N)=O)c(OC)c1. The van der Waals surface area contributed by atoms with Crippen LogP contribution in [0.2, 0.25) is 5.02 Å². The first-order valence-corrected chi connectivity index (χ1v) is 6.86. The zero-order valence-corrected chi connectivity index (χ0v) is 12.8. The van der Waals surface area contributed by atoms with E-state index in [4.69, 9.17) is 26.8 Å². The fourth-order valence-electron chi connectivity index (χ4n) is 1.58. The van der Waals surface area contributed by atoms with Crippen molar-refractivity contribution in [2.45, 2.75) is 20.4 Å². The lowest BCUT2D eigenvalue weighted by molar-refractivity contribution is -0.122. The van der Waals surface area contributed by atoms with Gasteiger partial charge in [-0.1, -0.05) is 25.4 Å². The maximum atomic E-state index is 11.0. The summed E-state index contributed by atoms with van der Waals surface area (Å²) in [6.07, 6.45) is 0. The van der Waals surface area contributed by atoms with E-state index in [-0.39, 0.29) is 6.61 Å². The van der Waals surface area contributed by atoms with Crippen LogP contribution >= 0.6 is 11.6 Å². The van der Waals surface area contributed by atoms with Gasteiger partial charge >= 0.3 is 0 Å². The van der Waals surface area contributed by atoms with Gasteiger partial charge in [0.1, 0.15) is 0 Å². The number of primary amides is 1. The lowest BCUT2D eigenvalue weighted by Crippen LogP contribution is -2.26. The zero-order chi connectivity index (χ0) is 15.1. The lowest BCUT2D eigenvalue weighted by Gasteiger charge is -2.16. The van der Waals surface area contributed by atoms with Gasteiger partial charge in [0.25, 0.3) is 0 Å². The lowest BCUT2D eigenvalue weighted by atomic mass is 10.2. The molecule has 0 bridgehead atoms. The molecule has 0 spiro atoms. The van der Waals surface area contributed by atoms with E-state index in [1.165, 1.54) is 0 Å². The van der Waals surface area contributed by atoms with Crippen LogP contribution in [0.5, 0.6) is 11.5 Å². The van der Waals surface area contributed by atoms with E-state index in [9.17, 15) is 4.79 Å². The van der Waals surface area contributed by atoms with Crippen LogP contribution in [0.25, 0.3) is 0 Å². The number of halogens is 1. The molecule has 20 heavy (non-hydrogen) atoms. The Bertz CT molecular complexity index is 466. The van der Waals surface area contributed by atoms with Crippen LogP contribution in [-0.4, -0.2) is 26.2 Å². The summed E-state index contributed by atoms with van der Waals surface area (Å²) in [6.45, 7) is 5.46. The van der Waals surface area contributed by atoms with Crippen molar-refractivity contribution >= 4 is 17.5 Å². The van der Waals surface area contributed by atoms with Crippen molar-refractivity contribution < 1.29 is 14.3 Å². The topological polar surface area (TPSA) is 73.6 Å². The summed E-state index contributed by atoms with van der Waals surface area (Å²) < 4.78 is 10.8. The molecule has 0 aliphatic rings. The molecule has 0 fully saturated rings. The van der Waals surface area contributed by atoms with Crippen molar-refractivity contribution in [1.29, 1.82) is 0 Å². The number of carbonyl (C=O) groups excluding carboxylic acids is 1. The Labute approximate surface area is 124 Å². The van der Waals surface area contributed by atoms with E-state index >= 15 is 0 Å². The predicted octanol–water partition coefficient (Wildman–Crippen LogP) is 1.96. The van der Waals surface area contributed by atoms with Crippen molar-refractivity contribution in [2.75, 3.05) is 20.3 Å². The van der Waals surface area contributed by atoms with Gasteiger partial charge in [-0.2, -0.15) is 0 Å². The number of hydrogen-bond acceptors (Lipinski definition) is 4. The van der Waals surface area contributed by atoms with Gasteiger partial charge in [-0.25, -0.2) is 0 Å². The van der Waals surface area contributed by atoms with Crippen LogP contribution in [0.3, 0.4) is 0 Å². The van der Waals surface area contributed by atoms with Crippen LogP contribution in [0.4, 0.5) is 0 Å². The van der Waals surface area contributed by atoms with Crippen LogP contribution in [0.15, 0.2) is 12.1 Å².